The fourth-order valence-electron chi connectivity index (χ4n) is 5.35. The number of ether oxygens (including phenoxy) is 2. The zero-order chi connectivity index (χ0) is 21.4. The number of aromatic nitrogens is 1. The van der Waals surface area contributed by atoms with Gasteiger partial charge in [0.1, 0.15) is 5.69 Å². The second-order valence-electron chi connectivity index (χ2n) is 8.97. The number of hydrogen-bond donors (Lipinski definition) is 2. The number of hydrogen-bond acceptors (Lipinski definition) is 6. The molecule has 2 aliphatic carbocycles. The van der Waals surface area contributed by atoms with Gasteiger partial charge in [0, 0.05) is 25.2 Å². The van der Waals surface area contributed by atoms with Crippen LogP contribution in [0.5, 0.6) is 11.5 Å². The van der Waals surface area contributed by atoms with Gasteiger partial charge in [-0.3, -0.25) is 4.79 Å². The molecule has 1 aliphatic heterocycles. The van der Waals surface area contributed by atoms with Crippen LogP contribution >= 0.6 is 0 Å². The molecule has 0 unspecified atom stereocenters. The standard InChI is InChI=1S/C21H24FN3O5/c1-21-6-14(23)12(21)7-24(9-21)17-13(22)5-11-16(19(17)29-2)25(10-3-4-10)8-15(18(11)26)30-20(27)28/h5,8,10,12,14H,3-4,6-7,9,23H2,1-2H3,(H,27,28)/t12-,14-,21+/m0/s1. The second kappa shape index (κ2) is 6.34. The van der Waals surface area contributed by atoms with Crippen molar-refractivity contribution in [3.05, 3.63) is 28.3 Å². The Morgan fingerprint density at radius 1 is 1.40 bits per heavy atom. The minimum atomic E-state index is -1.59. The van der Waals surface area contributed by atoms with Crippen LogP contribution in [0.25, 0.3) is 10.9 Å². The molecule has 3 atom stereocenters. The summed E-state index contributed by atoms with van der Waals surface area (Å²) in [5.41, 5.74) is 6.34. The van der Waals surface area contributed by atoms with E-state index in [9.17, 15) is 9.59 Å². The van der Waals surface area contributed by atoms with Crippen molar-refractivity contribution in [1.29, 1.82) is 0 Å². The monoisotopic (exact) mass is 417 g/mol. The number of halogens is 1. The molecule has 160 valence electrons. The molecule has 1 aromatic carbocycles. The first kappa shape index (κ1) is 19.2. The van der Waals surface area contributed by atoms with Crippen molar-refractivity contribution in [2.45, 2.75) is 38.3 Å². The fourth-order valence-corrected chi connectivity index (χ4v) is 5.35. The quantitative estimate of drug-likeness (QED) is 0.737. The number of fused-ring (bicyclic) bond motifs is 2. The van der Waals surface area contributed by atoms with E-state index in [2.05, 4.69) is 11.7 Å². The molecular weight excluding hydrogens is 393 g/mol. The minimum absolute atomic E-state index is 0.0428. The van der Waals surface area contributed by atoms with E-state index < -0.39 is 17.4 Å². The summed E-state index contributed by atoms with van der Waals surface area (Å²) >= 11 is 0. The lowest BCUT2D eigenvalue weighted by molar-refractivity contribution is 0.0771. The molecule has 8 nitrogen and oxygen atoms in total. The smallest absolute Gasteiger partial charge is 0.492 e. The number of rotatable bonds is 4. The van der Waals surface area contributed by atoms with Crippen molar-refractivity contribution in [3.63, 3.8) is 0 Å². The van der Waals surface area contributed by atoms with Crippen LogP contribution in [-0.4, -0.2) is 42.1 Å². The molecule has 5 rings (SSSR count). The predicted molar refractivity (Wildman–Crippen MR) is 108 cm³/mol. The third kappa shape index (κ3) is 2.68. The third-order valence-electron chi connectivity index (χ3n) is 6.91. The largest absolute Gasteiger partial charge is 0.511 e. The predicted octanol–water partition coefficient (Wildman–Crippen LogP) is 2.71. The Kier molecular flexibility index (Phi) is 4.05. The molecule has 3 aliphatic rings. The lowest BCUT2D eigenvalue weighted by Gasteiger charge is -2.46. The molecule has 1 saturated heterocycles. The maximum Gasteiger partial charge on any atom is 0.511 e. The van der Waals surface area contributed by atoms with E-state index in [1.807, 2.05) is 4.90 Å². The Labute approximate surface area is 172 Å². The van der Waals surface area contributed by atoms with Gasteiger partial charge in [0.05, 0.1) is 24.2 Å². The molecule has 9 heteroatoms. The highest BCUT2D eigenvalue weighted by atomic mass is 19.1. The molecule has 0 radical (unpaired) electrons. The van der Waals surface area contributed by atoms with E-state index in [4.69, 9.17) is 15.6 Å². The first-order chi connectivity index (χ1) is 14.2. The lowest BCUT2D eigenvalue weighted by Crippen LogP contribution is -2.53. The van der Waals surface area contributed by atoms with Crippen molar-refractivity contribution < 1.29 is 23.8 Å². The van der Waals surface area contributed by atoms with Gasteiger partial charge in [0.25, 0.3) is 0 Å². The first-order valence-corrected chi connectivity index (χ1v) is 10.1. The molecule has 3 fully saturated rings. The normalized spacial score (nSPS) is 27.7. The molecule has 0 spiro atoms. The average molecular weight is 417 g/mol. The van der Waals surface area contributed by atoms with Gasteiger partial charge in [-0.15, -0.1) is 0 Å². The molecule has 1 aromatic heterocycles. The number of methoxy groups -OCH3 is 1. The van der Waals surface area contributed by atoms with E-state index in [1.54, 1.807) is 4.57 Å². The van der Waals surface area contributed by atoms with Crippen LogP contribution in [0.4, 0.5) is 14.9 Å². The van der Waals surface area contributed by atoms with Crippen LogP contribution in [-0.2, 0) is 0 Å². The van der Waals surface area contributed by atoms with Gasteiger partial charge in [-0.05, 0) is 36.7 Å². The maximum absolute atomic E-state index is 15.4. The molecule has 30 heavy (non-hydrogen) atoms. The minimum Gasteiger partial charge on any atom is -0.492 e. The number of carboxylic acid groups (broad SMARTS) is 1. The van der Waals surface area contributed by atoms with Crippen LogP contribution in [0, 0.1) is 17.2 Å². The van der Waals surface area contributed by atoms with Crippen molar-refractivity contribution in [2.24, 2.45) is 17.1 Å². The zero-order valence-electron chi connectivity index (χ0n) is 16.9. The van der Waals surface area contributed by atoms with Crippen LogP contribution in [0.3, 0.4) is 0 Å². The van der Waals surface area contributed by atoms with Gasteiger partial charge in [0.15, 0.2) is 17.3 Å². The van der Waals surface area contributed by atoms with Gasteiger partial charge >= 0.3 is 6.16 Å². The average Bonchev–Trinajstić information content (AvgIpc) is 3.47. The van der Waals surface area contributed by atoms with Gasteiger partial charge < -0.3 is 29.8 Å². The number of benzene rings is 1. The number of carbonyl (C=O) groups is 1. The zero-order valence-corrected chi connectivity index (χ0v) is 16.9. The summed E-state index contributed by atoms with van der Waals surface area (Å²) < 4.78 is 27.5. The lowest BCUT2D eigenvalue weighted by atomic mass is 9.60. The highest BCUT2D eigenvalue weighted by Gasteiger charge is 2.55. The summed E-state index contributed by atoms with van der Waals surface area (Å²) in [6, 6.07) is 1.36. The number of pyridine rings is 1. The van der Waals surface area contributed by atoms with Crippen molar-refractivity contribution in [3.8, 4) is 11.5 Å². The van der Waals surface area contributed by atoms with Crippen LogP contribution in [0.15, 0.2) is 17.1 Å². The van der Waals surface area contributed by atoms with E-state index in [0.29, 0.717) is 24.3 Å². The van der Waals surface area contributed by atoms with Crippen LogP contribution in [0.2, 0.25) is 0 Å². The SMILES string of the molecule is COc1c(N2C[C@H]3[C@@H](N)C[C@]3(C)C2)c(F)cc2c(=O)c(OC(=O)O)cn(C3CC3)c12. The molecule has 0 bridgehead atoms. The molecule has 3 N–H and O–H groups in total. The number of nitrogens with two attached hydrogens (primary N) is 1. The Hall–Kier alpha value is -2.81. The molecule has 2 saturated carbocycles. The fraction of sp³-hybridized carbons (Fsp3) is 0.524. The number of nitrogens with zero attached hydrogens (tertiary/aromatic N) is 2. The van der Waals surface area contributed by atoms with Crippen LogP contribution in [0.1, 0.15) is 32.2 Å². The van der Waals surface area contributed by atoms with Crippen LogP contribution < -0.4 is 25.5 Å². The summed E-state index contributed by atoms with van der Waals surface area (Å²) in [6.07, 6.45) is 2.45. The molecule has 0 amide bonds. The summed E-state index contributed by atoms with van der Waals surface area (Å²) in [4.78, 5) is 25.8. The van der Waals surface area contributed by atoms with Gasteiger partial charge in [-0.2, -0.15) is 0 Å². The van der Waals surface area contributed by atoms with E-state index >= 15 is 4.39 Å². The highest BCUT2D eigenvalue weighted by Crippen LogP contribution is 2.54. The van der Waals surface area contributed by atoms with Gasteiger partial charge in [-0.25, -0.2) is 9.18 Å². The third-order valence-corrected chi connectivity index (χ3v) is 6.91. The first-order valence-electron chi connectivity index (χ1n) is 10.1. The Bertz CT molecular complexity index is 1130. The Morgan fingerprint density at radius 2 is 2.13 bits per heavy atom. The van der Waals surface area contributed by atoms with Gasteiger partial charge in [0.2, 0.25) is 5.43 Å². The number of anilines is 1. The van der Waals surface area contributed by atoms with Gasteiger partial charge in [-0.1, -0.05) is 6.92 Å². The topological polar surface area (TPSA) is 107 Å². The molecule has 2 aromatic rings. The summed E-state index contributed by atoms with van der Waals surface area (Å²) in [7, 11) is 1.46. The summed E-state index contributed by atoms with van der Waals surface area (Å²) in [5.74, 6) is -0.345. The van der Waals surface area contributed by atoms with Crippen molar-refractivity contribution >= 4 is 22.7 Å². The summed E-state index contributed by atoms with van der Waals surface area (Å²) in [5, 5.41) is 9.01. The second-order valence-corrected chi connectivity index (χ2v) is 8.97. The summed E-state index contributed by atoms with van der Waals surface area (Å²) in [6.45, 7) is 3.46. The Morgan fingerprint density at radius 3 is 2.70 bits per heavy atom. The molecule has 2 heterocycles. The van der Waals surface area contributed by atoms with E-state index in [-0.39, 0.29) is 40.3 Å². The van der Waals surface area contributed by atoms with E-state index in [1.165, 1.54) is 19.4 Å². The maximum atomic E-state index is 15.4. The van der Waals surface area contributed by atoms with Crippen molar-refractivity contribution in [1.82, 2.24) is 4.57 Å². The van der Waals surface area contributed by atoms with Crippen molar-refractivity contribution in [2.75, 3.05) is 25.1 Å². The Balaban J connectivity index is 1.72. The van der Waals surface area contributed by atoms with E-state index in [0.717, 1.165) is 19.3 Å². The highest BCUT2D eigenvalue weighted by molar-refractivity contribution is 5.92. The molecular formula is C21H24FN3O5.